The highest BCUT2D eigenvalue weighted by atomic mass is 32.2. The van der Waals surface area contributed by atoms with Crippen LogP contribution < -0.4 is 11.0 Å². The third-order valence-corrected chi connectivity index (χ3v) is 6.42. The molecule has 0 spiro atoms. The van der Waals surface area contributed by atoms with Crippen LogP contribution in [0.2, 0.25) is 0 Å². The summed E-state index contributed by atoms with van der Waals surface area (Å²) in [4.78, 5) is 12.0. The Labute approximate surface area is 164 Å². The number of aromatic nitrogens is 4. The Bertz CT molecular complexity index is 1170. The fraction of sp³-hybridized carbons (Fsp3) is 0.211. The van der Waals surface area contributed by atoms with Crippen LogP contribution in [-0.4, -0.2) is 19.3 Å². The van der Waals surface area contributed by atoms with Crippen LogP contribution in [-0.2, 0) is 19.8 Å². The average Bonchev–Trinajstić information content (AvgIpc) is 3.19. The number of anilines is 2. The molecule has 0 fully saturated rings. The minimum atomic E-state index is -0.00853. The molecule has 1 N–H and O–H groups in total. The lowest BCUT2D eigenvalue weighted by Gasteiger charge is -2.02. The predicted molar refractivity (Wildman–Crippen MR) is 112 cm³/mol. The molecule has 0 radical (unpaired) electrons. The monoisotopic (exact) mass is 397 g/mol. The number of hydrogen-bond donors (Lipinski definition) is 1. The topological polar surface area (TPSA) is 64.7 Å². The van der Waals surface area contributed by atoms with Gasteiger partial charge >= 0.3 is 5.69 Å². The van der Waals surface area contributed by atoms with Crippen molar-refractivity contribution in [1.29, 1.82) is 0 Å². The van der Waals surface area contributed by atoms with Gasteiger partial charge in [-0.15, -0.1) is 10.2 Å². The molecule has 27 heavy (non-hydrogen) atoms. The Kier molecular flexibility index (Phi) is 4.75. The molecule has 2 heterocycles. The Morgan fingerprint density at radius 3 is 2.70 bits per heavy atom. The highest BCUT2D eigenvalue weighted by Crippen LogP contribution is 2.30. The van der Waals surface area contributed by atoms with E-state index in [9.17, 15) is 4.79 Å². The van der Waals surface area contributed by atoms with E-state index in [-0.39, 0.29) is 5.69 Å². The maximum Gasteiger partial charge on any atom is 0.328 e. The third-order valence-electron chi connectivity index (χ3n) is 4.37. The van der Waals surface area contributed by atoms with Gasteiger partial charge in [-0.3, -0.25) is 9.13 Å². The van der Waals surface area contributed by atoms with Gasteiger partial charge in [0.15, 0.2) is 4.34 Å². The number of aryl methyl sites for hydroxylation is 3. The molecule has 2 aromatic carbocycles. The molecule has 4 rings (SSSR count). The number of fused-ring (bicyclic) bond motifs is 1. The number of benzene rings is 2. The Morgan fingerprint density at radius 2 is 1.89 bits per heavy atom. The molecule has 0 aliphatic heterocycles. The molecule has 0 saturated carbocycles. The summed E-state index contributed by atoms with van der Waals surface area (Å²) >= 11 is 3.18. The summed E-state index contributed by atoms with van der Waals surface area (Å²) in [6.07, 6.45) is 0. The van der Waals surface area contributed by atoms with E-state index in [1.54, 1.807) is 35.0 Å². The van der Waals surface area contributed by atoms with Crippen LogP contribution in [0.5, 0.6) is 0 Å². The summed E-state index contributed by atoms with van der Waals surface area (Å²) in [6.45, 7) is 2.06. The molecule has 138 valence electrons. The van der Waals surface area contributed by atoms with E-state index in [2.05, 4.69) is 46.7 Å². The lowest BCUT2D eigenvalue weighted by molar-refractivity contribution is 0.795. The summed E-state index contributed by atoms with van der Waals surface area (Å²) < 4.78 is 4.26. The summed E-state index contributed by atoms with van der Waals surface area (Å²) in [7, 11) is 3.60. The van der Waals surface area contributed by atoms with Crippen molar-refractivity contribution < 1.29 is 0 Å². The lowest BCUT2D eigenvalue weighted by atomic mass is 10.2. The first-order valence-electron chi connectivity index (χ1n) is 8.45. The van der Waals surface area contributed by atoms with Gasteiger partial charge in [0.25, 0.3) is 0 Å². The molecule has 8 heteroatoms. The minimum absolute atomic E-state index is 0.00853. The van der Waals surface area contributed by atoms with Crippen molar-refractivity contribution in [3.8, 4) is 0 Å². The van der Waals surface area contributed by atoms with E-state index in [0.717, 1.165) is 37.5 Å². The minimum Gasteiger partial charge on any atom is -0.330 e. The standard InChI is InChI=1S/C19H19N5OS2/c1-12-5-4-6-14(9-12)20-17-21-22-18(27-17)26-11-13-7-8-15-16(10-13)24(3)19(25)23(15)2/h4-10H,11H2,1-3H3,(H,20,21). The largest absolute Gasteiger partial charge is 0.330 e. The van der Waals surface area contributed by atoms with E-state index in [4.69, 9.17) is 0 Å². The molecular formula is C19H19N5OS2. The molecule has 0 aliphatic carbocycles. The van der Waals surface area contributed by atoms with Gasteiger partial charge in [-0.2, -0.15) is 0 Å². The number of nitrogens with one attached hydrogen (secondary N) is 1. The van der Waals surface area contributed by atoms with Crippen molar-refractivity contribution in [2.75, 3.05) is 5.32 Å². The maximum atomic E-state index is 12.0. The Hall–Kier alpha value is -2.58. The second-order valence-electron chi connectivity index (χ2n) is 6.38. The average molecular weight is 398 g/mol. The van der Waals surface area contributed by atoms with Crippen LogP contribution in [0.25, 0.3) is 11.0 Å². The van der Waals surface area contributed by atoms with Gasteiger partial charge in [-0.25, -0.2) is 4.79 Å². The van der Waals surface area contributed by atoms with Gasteiger partial charge in [0.1, 0.15) is 0 Å². The molecule has 0 unspecified atom stereocenters. The first-order chi connectivity index (χ1) is 13.0. The van der Waals surface area contributed by atoms with Gasteiger partial charge < -0.3 is 5.32 Å². The fourth-order valence-electron chi connectivity index (χ4n) is 2.95. The summed E-state index contributed by atoms with van der Waals surface area (Å²) in [6, 6.07) is 14.3. The first-order valence-corrected chi connectivity index (χ1v) is 10.3. The van der Waals surface area contributed by atoms with Crippen molar-refractivity contribution in [2.45, 2.75) is 17.0 Å². The molecule has 0 saturated heterocycles. The number of imidazole rings is 1. The van der Waals surface area contributed by atoms with E-state index in [0.29, 0.717) is 0 Å². The van der Waals surface area contributed by atoms with Gasteiger partial charge in [0.05, 0.1) is 11.0 Å². The highest BCUT2D eigenvalue weighted by Gasteiger charge is 2.10. The highest BCUT2D eigenvalue weighted by molar-refractivity contribution is 8.00. The Morgan fingerprint density at radius 1 is 1.07 bits per heavy atom. The molecule has 4 aromatic rings. The van der Waals surface area contributed by atoms with Crippen molar-refractivity contribution in [1.82, 2.24) is 19.3 Å². The number of hydrogen-bond acceptors (Lipinski definition) is 6. The van der Waals surface area contributed by atoms with Crippen LogP contribution in [0, 0.1) is 6.92 Å². The van der Waals surface area contributed by atoms with Crippen LogP contribution in [0.1, 0.15) is 11.1 Å². The molecule has 0 bridgehead atoms. The summed E-state index contributed by atoms with van der Waals surface area (Å²) in [5.41, 5.74) is 5.24. The number of thioether (sulfide) groups is 1. The van der Waals surface area contributed by atoms with Crippen LogP contribution in [0.4, 0.5) is 10.8 Å². The van der Waals surface area contributed by atoms with Gasteiger partial charge in [-0.05, 0) is 42.3 Å². The van der Waals surface area contributed by atoms with Crippen molar-refractivity contribution in [2.24, 2.45) is 14.1 Å². The summed E-state index contributed by atoms with van der Waals surface area (Å²) in [5.74, 6) is 0.776. The van der Waals surface area contributed by atoms with E-state index in [1.807, 2.05) is 18.2 Å². The van der Waals surface area contributed by atoms with E-state index < -0.39 is 0 Å². The van der Waals surface area contributed by atoms with Gasteiger partial charge in [0.2, 0.25) is 5.13 Å². The maximum absolute atomic E-state index is 12.0. The lowest BCUT2D eigenvalue weighted by Crippen LogP contribution is -2.19. The van der Waals surface area contributed by atoms with Gasteiger partial charge in [-0.1, -0.05) is 41.3 Å². The van der Waals surface area contributed by atoms with Crippen LogP contribution in [0.15, 0.2) is 51.6 Å². The van der Waals surface area contributed by atoms with E-state index >= 15 is 0 Å². The van der Waals surface area contributed by atoms with Crippen LogP contribution in [0.3, 0.4) is 0 Å². The zero-order chi connectivity index (χ0) is 19.0. The molecule has 0 aliphatic rings. The SMILES string of the molecule is Cc1cccc(Nc2nnc(SCc3ccc4c(c3)n(C)c(=O)n4C)s2)c1. The molecule has 6 nitrogen and oxygen atoms in total. The second-order valence-corrected chi connectivity index (χ2v) is 8.58. The molecular weight excluding hydrogens is 378 g/mol. The second kappa shape index (κ2) is 7.21. The predicted octanol–water partition coefficient (Wildman–Crippen LogP) is 4.07. The van der Waals surface area contributed by atoms with Crippen molar-refractivity contribution >= 4 is 45.0 Å². The number of nitrogens with zero attached hydrogens (tertiary/aromatic N) is 4. The third kappa shape index (κ3) is 3.63. The smallest absolute Gasteiger partial charge is 0.328 e. The molecule has 0 atom stereocenters. The van der Waals surface area contributed by atoms with Crippen molar-refractivity contribution in [3.05, 3.63) is 64.1 Å². The normalized spacial score (nSPS) is 11.2. The van der Waals surface area contributed by atoms with Crippen LogP contribution >= 0.6 is 23.1 Å². The zero-order valence-electron chi connectivity index (χ0n) is 15.3. The number of rotatable bonds is 5. The molecule has 0 amide bonds. The van der Waals surface area contributed by atoms with Gasteiger partial charge in [0, 0.05) is 25.5 Å². The Balaban J connectivity index is 1.46. The van der Waals surface area contributed by atoms with Crippen molar-refractivity contribution in [3.63, 3.8) is 0 Å². The first kappa shape index (κ1) is 17.8. The van der Waals surface area contributed by atoms with E-state index in [1.165, 1.54) is 16.9 Å². The quantitative estimate of drug-likeness (QED) is 0.514. The zero-order valence-corrected chi connectivity index (χ0v) is 16.9. The summed E-state index contributed by atoms with van der Waals surface area (Å²) in [5, 5.41) is 12.6. The molecule has 2 aromatic heterocycles. The fourth-order valence-corrected chi connectivity index (χ4v) is 4.67.